The molecule has 1 amide bonds. The zero-order valence-electron chi connectivity index (χ0n) is 28.2. The Morgan fingerprint density at radius 2 is 1.62 bits per heavy atom. The number of aromatic carboxylic acids is 1. The van der Waals surface area contributed by atoms with E-state index in [0.29, 0.717) is 54.4 Å². The molecule has 0 saturated heterocycles. The predicted molar refractivity (Wildman–Crippen MR) is 187 cm³/mol. The van der Waals surface area contributed by atoms with Gasteiger partial charge in [-0.15, -0.1) is 0 Å². The van der Waals surface area contributed by atoms with Crippen LogP contribution in [0, 0.1) is 0 Å². The Morgan fingerprint density at radius 1 is 0.875 bits per heavy atom. The number of amides is 1. The van der Waals surface area contributed by atoms with E-state index in [1.54, 1.807) is 6.07 Å². The van der Waals surface area contributed by atoms with E-state index in [1.165, 1.54) is 12.1 Å². The van der Waals surface area contributed by atoms with Gasteiger partial charge in [0.15, 0.2) is 0 Å². The molecule has 2 aliphatic rings. The summed E-state index contributed by atoms with van der Waals surface area (Å²) in [4.78, 5) is 27.7. The average Bonchev–Trinajstić information content (AvgIpc) is 3.04. The van der Waals surface area contributed by atoms with E-state index in [0.717, 1.165) is 47.5 Å². The second-order valence-corrected chi connectivity index (χ2v) is 13.7. The minimum atomic E-state index is -3.15. The number of fused-ring (bicyclic) bond motifs is 2. The minimum absolute atomic E-state index is 0.0719. The summed E-state index contributed by atoms with van der Waals surface area (Å²) < 4.78 is 44.1. The van der Waals surface area contributed by atoms with Crippen molar-refractivity contribution < 1.29 is 37.0 Å². The zero-order chi connectivity index (χ0) is 34.8. The molecule has 258 valence electrons. The molecule has 1 heterocycles. The van der Waals surface area contributed by atoms with Crippen LogP contribution in [-0.2, 0) is 19.5 Å². The van der Waals surface area contributed by atoms with Gasteiger partial charge in [-0.2, -0.15) is 0 Å². The quantitative estimate of drug-likeness (QED) is 0.0865. The third-order valence-electron chi connectivity index (χ3n) is 7.74. The Bertz CT molecular complexity index is 1900. The number of sulfonamides is 1. The van der Waals surface area contributed by atoms with E-state index in [9.17, 15) is 23.1 Å². The zero-order valence-corrected chi connectivity index (χ0v) is 29.0. The van der Waals surface area contributed by atoms with Crippen molar-refractivity contribution in [2.75, 3.05) is 78.9 Å². The molecule has 1 aliphatic carbocycles. The highest BCUT2D eigenvalue weighted by Gasteiger charge is 2.24. The summed E-state index contributed by atoms with van der Waals surface area (Å²) in [5.41, 5.74) is 3.72. The molecule has 12 nitrogen and oxygen atoms in total. The smallest absolute Gasteiger partial charge is 0.336 e. The molecule has 0 bridgehead atoms. The normalized spacial score (nSPS) is 11.6. The van der Waals surface area contributed by atoms with E-state index < -0.39 is 16.0 Å². The van der Waals surface area contributed by atoms with Crippen LogP contribution >= 0.6 is 0 Å². The summed E-state index contributed by atoms with van der Waals surface area (Å²) in [5, 5.41) is 14.7. The van der Waals surface area contributed by atoms with E-state index in [1.807, 2.05) is 74.1 Å². The number of nitrogens with zero attached hydrogens (tertiary/aromatic N) is 2. The number of nitrogens with one attached hydrogen (secondary N) is 2. The highest BCUT2D eigenvalue weighted by Crippen LogP contribution is 2.42. The first-order valence-electron chi connectivity index (χ1n) is 15.8. The fourth-order valence-corrected chi connectivity index (χ4v) is 5.73. The maximum absolute atomic E-state index is 13.2. The van der Waals surface area contributed by atoms with Crippen molar-refractivity contribution in [2.24, 2.45) is 0 Å². The Kier molecular flexibility index (Phi) is 12.7. The molecule has 1 aliphatic heterocycles. The summed E-state index contributed by atoms with van der Waals surface area (Å²) in [7, 11) is 4.60. The Balaban J connectivity index is 1.45. The Morgan fingerprint density at radius 3 is 2.31 bits per heavy atom. The van der Waals surface area contributed by atoms with Crippen LogP contribution in [0.2, 0.25) is 0 Å². The maximum atomic E-state index is 13.2. The van der Waals surface area contributed by atoms with Crippen LogP contribution in [0.1, 0.15) is 40.0 Å². The third kappa shape index (κ3) is 9.86. The summed E-state index contributed by atoms with van der Waals surface area (Å²) in [6.07, 6.45) is 3.56. The van der Waals surface area contributed by atoms with Gasteiger partial charge in [-0.1, -0.05) is 0 Å². The lowest BCUT2D eigenvalue weighted by Gasteiger charge is -2.19. The number of carboxylic acid groups (broad SMARTS) is 1. The van der Waals surface area contributed by atoms with Gasteiger partial charge in [0, 0.05) is 73.7 Å². The highest BCUT2D eigenvalue weighted by molar-refractivity contribution is 7.88. The van der Waals surface area contributed by atoms with Crippen LogP contribution in [0.5, 0.6) is 0 Å². The van der Waals surface area contributed by atoms with Crippen molar-refractivity contribution in [2.45, 2.75) is 19.3 Å². The number of hydrogen-bond acceptors (Lipinski definition) is 8. The topological polar surface area (TPSA) is 150 Å². The van der Waals surface area contributed by atoms with E-state index in [4.69, 9.17) is 13.9 Å². The lowest BCUT2D eigenvalue weighted by molar-refractivity contribution is 0.0468. The molecule has 2 aromatic carbocycles. The first kappa shape index (κ1) is 36.5. The van der Waals surface area contributed by atoms with Gasteiger partial charge in [0.05, 0.1) is 37.7 Å². The molecule has 3 N–H and O–H groups in total. The first-order chi connectivity index (χ1) is 22.9. The Labute approximate surface area is 281 Å². The van der Waals surface area contributed by atoms with E-state index in [2.05, 4.69) is 10.0 Å². The molecule has 0 atom stereocenters. The maximum Gasteiger partial charge on any atom is 0.336 e. The van der Waals surface area contributed by atoms with Crippen LogP contribution in [-0.4, -0.2) is 99.4 Å². The molecule has 0 fully saturated rings. The fourth-order valence-electron chi connectivity index (χ4n) is 5.22. The number of carboxylic acids is 1. The largest absolute Gasteiger partial charge is 0.478 e. The fraction of sp³-hybridized carbons (Fsp3) is 0.400. The minimum Gasteiger partial charge on any atom is -0.478 e. The molecular formula is C35H45N4O8S+. The van der Waals surface area contributed by atoms with Crippen LogP contribution in [0.25, 0.3) is 33.4 Å². The molecule has 0 saturated carbocycles. The number of unbranched alkanes of at least 4 members (excludes halogenated alkanes) is 2. The van der Waals surface area contributed by atoms with Gasteiger partial charge in [-0.05, 0) is 61.2 Å². The third-order valence-corrected chi connectivity index (χ3v) is 8.47. The lowest BCUT2D eigenvalue weighted by Crippen LogP contribution is -2.27. The standard InChI is InChI=1S/C35H44N4O8S/c1-38(2)25-10-13-28-31(22-25)47-32-23-26(39(3)4)11-14-29(32)33(28)30-21-24(9-12-27(30)35(41)42)34(40)36-16-18-46-20-19-45-17-8-6-7-15-37-48(5,43)44/h9-14,21-23,37H,6-8,15-20H2,1-5H3,(H-,36,40,41,42)/p+1. The van der Waals surface area contributed by atoms with Gasteiger partial charge in [-0.3, -0.25) is 4.79 Å². The van der Waals surface area contributed by atoms with Crippen LogP contribution in [0.3, 0.4) is 0 Å². The van der Waals surface area contributed by atoms with Crippen molar-refractivity contribution >= 4 is 38.6 Å². The number of ether oxygens (including phenoxy) is 2. The van der Waals surface area contributed by atoms with Gasteiger partial charge in [0.1, 0.15) is 25.4 Å². The van der Waals surface area contributed by atoms with Crippen LogP contribution < -0.4 is 24.9 Å². The van der Waals surface area contributed by atoms with Crippen molar-refractivity contribution in [3.05, 3.63) is 71.1 Å². The van der Waals surface area contributed by atoms with Crippen LogP contribution in [0.15, 0.2) is 59.0 Å². The second-order valence-electron chi connectivity index (χ2n) is 11.9. The van der Waals surface area contributed by atoms with Gasteiger partial charge < -0.3 is 29.2 Å². The van der Waals surface area contributed by atoms with Crippen LogP contribution in [0.4, 0.5) is 5.69 Å². The Hall–Kier alpha value is -4.30. The summed E-state index contributed by atoms with van der Waals surface area (Å²) in [6.45, 7) is 2.30. The molecule has 13 heteroatoms. The van der Waals surface area contributed by atoms with Crippen molar-refractivity contribution in [1.29, 1.82) is 0 Å². The molecule has 2 aromatic rings. The number of anilines is 1. The summed E-state index contributed by atoms with van der Waals surface area (Å²) in [6, 6.07) is 16.2. The SMILES string of the molecule is CN(C)c1ccc2c(-c3cc(C(=O)NCCOCCOCCCCCNS(C)(=O)=O)ccc3C(=O)O)c3ccc(=[N+](C)C)cc-3oc2c1. The number of hydrogen-bond donors (Lipinski definition) is 3. The molecule has 4 rings (SSSR count). The lowest BCUT2D eigenvalue weighted by atomic mass is 9.89. The molecule has 0 unspecified atom stereocenters. The molecule has 0 aromatic heterocycles. The number of rotatable bonds is 17. The molecule has 0 spiro atoms. The van der Waals surface area contributed by atoms with Gasteiger partial charge >= 0.3 is 5.97 Å². The molecule has 48 heavy (non-hydrogen) atoms. The van der Waals surface area contributed by atoms with Crippen molar-refractivity contribution in [3.63, 3.8) is 0 Å². The van der Waals surface area contributed by atoms with Gasteiger partial charge in [0.2, 0.25) is 15.4 Å². The molecular weight excluding hydrogens is 636 g/mol. The monoisotopic (exact) mass is 681 g/mol. The number of benzene rings is 3. The predicted octanol–water partition coefficient (Wildman–Crippen LogP) is 3.48. The second kappa shape index (κ2) is 16.7. The molecule has 0 radical (unpaired) electrons. The van der Waals surface area contributed by atoms with Gasteiger partial charge in [-0.25, -0.2) is 22.5 Å². The number of carbonyl (C=O) groups excluding carboxylic acids is 1. The highest BCUT2D eigenvalue weighted by atomic mass is 32.2. The van der Waals surface area contributed by atoms with Gasteiger partial charge in [0.25, 0.3) is 5.91 Å². The van der Waals surface area contributed by atoms with Crippen molar-refractivity contribution in [3.8, 4) is 22.5 Å². The summed E-state index contributed by atoms with van der Waals surface area (Å²) >= 11 is 0. The number of carbonyl (C=O) groups is 2. The van der Waals surface area contributed by atoms with Crippen molar-refractivity contribution in [1.82, 2.24) is 14.6 Å². The average molecular weight is 682 g/mol. The first-order valence-corrected chi connectivity index (χ1v) is 17.7. The summed E-state index contributed by atoms with van der Waals surface area (Å²) in [5.74, 6) is -0.861. The van der Waals surface area contributed by atoms with E-state index >= 15 is 0 Å². The van der Waals surface area contributed by atoms with E-state index in [-0.39, 0.29) is 24.6 Å².